The second-order valence-electron chi connectivity index (χ2n) is 7.10. The van der Waals surface area contributed by atoms with Crippen LogP contribution in [0.15, 0.2) is 12.1 Å². The molecule has 1 spiro atoms. The summed E-state index contributed by atoms with van der Waals surface area (Å²) < 4.78 is 6.05. The van der Waals surface area contributed by atoms with Gasteiger partial charge in [-0.25, -0.2) is 4.79 Å². The Kier molecular flexibility index (Phi) is 6.44. The zero-order chi connectivity index (χ0) is 19.3. The molecule has 1 fully saturated rings. The molecule has 1 aromatic carbocycles. The summed E-state index contributed by atoms with van der Waals surface area (Å²) in [6.07, 6.45) is 5.08. The van der Waals surface area contributed by atoms with Crippen LogP contribution in [-0.2, 0) is 10.3 Å². The Bertz CT molecular complexity index is 704. The van der Waals surface area contributed by atoms with Crippen LogP contribution in [0.25, 0.3) is 0 Å². The monoisotopic (exact) mass is 394 g/mol. The van der Waals surface area contributed by atoms with Gasteiger partial charge < -0.3 is 26.0 Å². The molecule has 1 saturated carbocycles. The lowest BCUT2D eigenvalue weighted by Gasteiger charge is -2.43. The van der Waals surface area contributed by atoms with Crippen LogP contribution in [0, 0.1) is 0 Å². The molecule has 0 saturated heterocycles. The summed E-state index contributed by atoms with van der Waals surface area (Å²) in [4.78, 5) is 23.1. The Morgan fingerprint density at radius 3 is 2.74 bits per heavy atom. The molecule has 3 amide bonds. The second kappa shape index (κ2) is 8.80. The van der Waals surface area contributed by atoms with Crippen molar-refractivity contribution in [3.63, 3.8) is 0 Å². The average Bonchev–Trinajstić information content (AvgIpc) is 2.63. The van der Waals surface area contributed by atoms with Gasteiger partial charge in [-0.05, 0) is 25.0 Å². The van der Waals surface area contributed by atoms with Gasteiger partial charge in [0.2, 0.25) is 5.91 Å². The van der Waals surface area contributed by atoms with Gasteiger partial charge in [0.05, 0.1) is 16.2 Å². The number of benzene rings is 1. The van der Waals surface area contributed by atoms with Gasteiger partial charge in [-0.2, -0.15) is 0 Å². The van der Waals surface area contributed by atoms with Crippen molar-refractivity contribution in [2.24, 2.45) is 0 Å². The van der Waals surface area contributed by atoms with Gasteiger partial charge in [-0.15, -0.1) is 0 Å². The summed E-state index contributed by atoms with van der Waals surface area (Å²) in [6.45, 7) is 3.91. The Hall–Kier alpha value is -1.99. The summed E-state index contributed by atoms with van der Waals surface area (Å²) in [6, 6.07) is 3.44. The van der Waals surface area contributed by atoms with Crippen molar-refractivity contribution >= 4 is 29.2 Å². The van der Waals surface area contributed by atoms with Gasteiger partial charge in [-0.1, -0.05) is 30.9 Å². The van der Waals surface area contributed by atoms with Gasteiger partial charge in [0, 0.05) is 32.1 Å². The molecular weight excluding hydrogens is 368 g/mol. The fraction of sp³-hybridized carbons (Fsp3) is 0.579. The molecule has 0 radical (unpaired) electrons. The minimum absolute atomic E-state index is 0.0341. The van der Waals surface area contributed by atoms with Crippen LogP contribution >= 0.6 is 11.6 Å². The van der Waals surface area contributed by atoms with Crippen LogP contribution < -0.4 is 26.0 Å². The summed E-state index contributed by atoms with van der Waals surface area (Å²) in [5, 5.41) is 12.5. The molecule has 1 aliphatic carbocycles. The zero-order valence-corrected chi connectivity index (χ0v) is 16.4. The van der Waals surface area contributed by atoms with Crippen molar-refractivity contribution in [1.29, 1.82) is 0 Å². The van der Waals surface area contributed by atoms with Crippen molar-refractivity contribution in [3.8, 4) is 5.75 Å². The molecule has 148 valence electrons. The van der Waals surface area contributed by atoms with Crippen molar-refractivity contribution < 1.29 is 14.3 Å². The van der Waals surface area contributed by atoms with Gasteiger partial charge in [-0.3, -0.25) is 4.79 Å². The third-order valence-corrected chi connectivity index (χ3v) is 5.42. The number of urea groups is 1. The number of nitrogens with one attached hydrogen (secondary N) is 4. The number of amides is 3. The first-order valence-electron chi connectivity index (χ1n) is 9.52. The predicted octanol–water partition coefficient (Wildman–Crippen LogP) is 2.74. The van der Waals surface area contributed by atoms with Crippen molar-refractivity contribution in [3.05, 3.63) is 22.7 Å². The molecule has 8 heteroatoms. The maximum atomic E-state index is 12.2. The molecule has 3 rings (SSSR count). The second-order valence-corrected chi connectivity index (χ2v) is 7.51. The lowest BCUT2D eigenvalue weighted by atomic mass is 9.74. The standard InChI is InChI=1S/C19H27ClN4O3/c1-13(25)22-10-9-21-11-12-27-15-6-5-14(20)17-16(15)19(24-18(26)23-17)7-3-2-4-8-19/h5-6,21H,2-4,7-12H2,1H3,(H,22,25)(H2,23,24,26). The quantitative estimate of drug-likeness (QED) is 0.535. The first-order chi connectivity index (χ1) is 13.0. The molecule has 27 heavy (non-hydrogen) atoms. The van der Waals surface area contributed by atoms with Crippen LogP contribution in [0.1, 0.15) is 44.6 Å². The number of rotatable bonds is 7. The Balaban J connectivity index is 1.69. The van der Waals surface area contributed by atoms with E-state index in [1.165, 1.54) is 13.3 Å². The number of ether oxygens (including phenoxy) is 1. The smallest absolute Gasteiger partial charge is 0.319 e. The lowest BCUT2D eigenvalue weighted by Crippen LogP contribution is -2.53. The molecule has 0 atom stereocenters. The summed E-state index contributed by atoms with van der Waals surface area (Å²) in [5.74, 6) is 0.723. The van der Waals surface area contributed by atoms with E-state index in [4.69, 9.17) is 16.3 Å². The molecular formula is C19H27ClN4O3. The number of carbonyl (C=O) groups is 2. The van der Waals surface area contributed by atoms with E-state index in [1.807, 2.05) is 6.07 Å². The van der Waals surface area contributed by atoms with E-state index in [-0.39, 0.29) is 11.9 Å². The van der Waals surface area contributed by atoms with E-state index < -0.39 is 5.54 Å². The molecule has 0 unspecified atom stereocenters. The molecule has 7 nitrogen and oxygen atoms in total. The maximum absolute atomic E-state index is 12.2. The zero-order valence-electron chi connectivity index (χ0n) is 15.6. The number of halogens is 1. The summed E-state index contributed by atoms with van der Waals surface area (Å²) in [5.41, 5.74) is 1.22. The number of carbonyl (C=O) groups excluding carboxylic acids is 2. The number of fused-ring (bicyclic) bond motifs is 2. The molecule has 4 N–H and O–H groups in total. The van der Waals surface area contributed by atoms with E-state index in [0.717, 1.165) is 37.0 Å². The number of hydrogen-bond acceptors (Lipinski definition) is 4. The van der Waals surface area contributed by atoms with E-state index in [0.29, 0.717) is 37.0 Å². The van der Waals surface area contributed by atoms with Crippen molar-refractivity contribution in [2.75, 3.05) is 31.6 Å². The third kappa shape index (κ3) is 4.65. The van der Waals surface area contributed by atoms with E-state index in [1.54, 1.807) is 6.07 Å². The highest BCUT2D eigenvalue weighted by Crippen LogP contribution is 2.49. The molecule has 0 aromatic heterocycles. The normalized spacial score (nSPS) is 17.6. The first-order valence-corrected chi connectivity index (χ1v) is 9.90. The third-order valence-electron chi connectivity index (χ3n) is 5.11. The topological polar surface area (TPSA) is 91.5 Å². The highest BCUT2D eigenvalue weighted by molar-refractivity contribution is 6.34. The van der Waals surface area contributed by atoms with E-state index in [2.05, 4.69) is 21.3 Å². The lowest BCUT2D eigenvalue weighted by molar-refractivity contribution is -0.118. The molecule has 1 aliphatic heterocycles. The Labute approximate surface area is 164 Å². The first kappa shape index (κ1) is 19.8. The molecule has 2 aliphatic rings. The predicted molar refractivity (Wildman–Crippen MR) is 105 cm³/mol. The van der Waals surface area contributed by atoms with Crippen LogP contribution in [0.4, 0.5) is 10.5 Å². The minimum atomic E-state index is -0.408. The maximum Gasteiger partial charge on any atom is 0.319 e. The minimum Gasteiger partial charge on any atom is -0.492 e. The van der Waals surface area contributed by atoms with Crippen LogP contribution in [0.2, 0.25) is 5.02 Å². The number of hydrogen-bond donors (Lipinski definition) is 4. The van der Waals surface area contributed by atoms with Gasteiger partial charge in [0.25, 0.3) is 0 Å². The number of anilines is 1. The highest BCUT2D eigenvalue weighted by atomic mass is 35.5. The molecule has 1 heterocycles. The van der Waals surface area contributed by atoms with E-state index >= 15 is 0 Å². The van der Waals surface area contributed by atoms with Crippen LogP contribution in [0.5, 0.6) is 5.75 Å². The molecule has 0 bridgehead atoms. The summed E-state index contributed by atoms with van der Waals surface area (Å²) >= 11 is 6.38. The Morgan fingerprint density at radius 1 is 1.22 bits per heavy atom. The average molecular weight is 395 g/mol. The highest BCUT2D eigenvalue weighted by Gasteiger charge is 2.43. The fourth-order valence-corrected chi connectivity index (χ4v) is 4.12. The van der Waals surface area contributed by atoms with Gasteiger partial charge >= 0.3 is 6.03 Å². The van der Waals surface area contributed by atoms with Gasteiger partial charge in [0.15, 0.2) is 0 Å². The van der Waals surface area contributed by atoms with Crippen molar-refractivity contribution in [2.45, 2.75) is 44.6 Å². The van der Waals surface area contributed by atoms with E-state index in [9.17, 15) is 9.59 Å². The van der Waals surface area contributed by atoms with Crippen LogP contribution in [0.3, 0.4) is 0 Å². The summed E-state index contributed by atoms with van der Waals surface area (Å²) in [7, 11) is 0. The van der Waals surface area contributed by atoms with Crippen molar-refractivity contribution in [1.82, 2.24) is 16.0 Å². The SMILES string of the molecule is CC(=O)NCCNCCOc1ccc(Cl)c2c1C1(CCCCC1)NC(=O)N2. The van der Waals surface area contributed by atoms with Gasteiger partial charge in [0.1, 0.15) is 12.4 Å². The molecule has 1 aromatic rings. The Morgan fingerprint density at radius 2 is 2.00 bits per heavy atom. The fourth-order valence-electron chi connectivity index (χ4n) is 3.92. The largest absolute Gasteiger partial charge is 0.492 e. The van der Waals surface area contributed by atoms with Crippen LogP contribution in [-0.4, -0.2) is 38.2 Å².